The number of hydrogen-bond donors (Lipinski definition) is 23. The largest absolute Gasteiger partial charge is 0.480 e. The molecule has 91 heavy (non-hydrogen) atoms. The molecule has 10 atom stereocenters. The molecule has 0 saturated carbocycles. The minimum absolute atomic E-state index is 0.00962. The summed E-state index contributed by atoms with van der Waals surface area (Å²) in [4.78, 5) is 158. The summed E-state index contributed by atoms with van der Waals surface area (Å²) in [6.07, 6.45) is 1.48. The maximum atomic E-state index is 14.6. The van der Waals surface area contributed by atoms with Gasteiger partial charge in [-0.3, -0.25) is 68.1 Å². The molecule has 38 heteroatoms. The number of aliphatic imine (C=N–C) groups is 5. The number of amides is 9. The summed E-state index contributed by atoms with van der Waals surface area (Å²) in [5.74, 6) is -11.0. The molecule has 0 rings (SSSR count). The van der Waals surface area contributed by atoms with Crippen molar-refractivity contribution in [2.75, 3.05) is 45.8 Å². The molecule has 0 aliphatic rings. The second-order valence-corrected chi connectivity index (χ2v) is 21.6. The highest BCUT2D eigenvalue weighted by molar-refractivity contribution is 5.98. The summed E-state index contributed by atoms with van der Waals surface area (Å²) in [6, 6.07) is -12.4. The van der Waals surface area contributed by atoms with Crippen molar-refractivity contribution in [2.24, 2.45) is 111 Å². The summed E-state index contributed by atoms with van der Waals surface area (Å²) in [7, 11) is 0. The lowest BCUT2D eigenvalue weighted by molar-refractivity contribution is -0.142. The average molecular weight is 1300 g/mol. The van der Waals surface area contributed by atoms with Gasteiger partial charge in [-0.2, -0.15) is 0 Å². The molecule has 0 aromatic carbocycles. The van der Waals surface area contributed by atoms with Crippen LogP contribution in [0.2, 0.25) is 0 Å². The lowest BCUT2D eigenvalue weighted by Crippen LogP contribution is -2.61. The zero-order chi connectivity index (χ0) is 69.0. The van der Waals surface area contributed by atoms with E-state index in [-0.39, 0.29) is 140 Å². The Labute approximate surface area is 530 Å². The number of primary amides is 1. The highest BCUT2D eigenvalue weighted by atomic mass is 16.4. The molecule has 0 heterocycles. The minimum atomic E-state index is -1.65. The van der Waals surface area contributed by atoms with E-state index < -0.39 is 132 Å². The second-order valence-electron chi connectivity index (χ2n) is 21.6. The van der Waals surface area contributed by atoms with Crippen LogP contribution < -0.4 is 123 Å². The van der Waals surface area contributed by atoms with Crippen molar-refractivity contribution in [1.29, 1.82) is 0 Å². The van der Waals surface area contributed by atoms with Crippen LogP contribution >= 0.6 is 0 Å². The van der Waals surface area contributed by atoms with Crippen LogP contribution in [-0.4, -0.2) is 194 Å². The van der Waals surface area contributed by atoms with Gasteiger partial charge in [-0.05, 0) is 128 Å². The zero-order valence-corrected chi connectivity index (χ0v) is 52.5. The van der Waals surface area contributed by atoms with Crippen LogP contribution in [0.5, 0.6) is 0 Å². The second kappa shape index (κ2) is 47.0. The molecule has 0 unspecified atom stereocenters. The number of carboxylic acid groups (broad SMARTS) is 1. The van der Waals surface area contributed by atoms with E-state index in [1.165, 1.54) is 0 Å². The third-order valence-electron chi connectivity index (χ3n) is 13.9. The molecule has 37 N–H and O–H groups in total. The van der Waals surface area contributed by atoms with Gasteiger partial charge in [-0.1, -0.05) is 20.3 Å². The van der Waals surface area contributed by atoms with E-state index in [2.05, 4.69) is 67.5 Å². The van der Waals surface area contributed by atoms with E-state index in [1.54, 1.807) is 13.8 Å². The van der Waals surface area contributed by atoms with Gasteiger partial charge >= 0.3 is 5.97 Å². The summed E-state index contributed by atoms with van der Waals surface area (Å²) < 4.78 is 0. The molecular formula is C53H105N27O11. The van der Waals surface area contributed by atoms with Crippen molar-refractivity contribution < 1.29 is 53.1 Å². The first-order chi connectivity index (χ1) is 43.0. The first-order valence-corrected chi connectivity index (χ1v) is 30.3. The molecule has 0 spiro atoms. The number of guanidine groups is 5. The molecule has 0 aromatic rings. The molecule has 0 bridgehead atoms. The fourth-order valence-corrected chi connectivity index (χ4v) is 8.66. The van der Waals surface area contributed by atoms with Crippen LogP contribution in [0.1, 0.15) is 136 Å². The van der Waals surface area contributed by atoms with E-state index in [4.69, 9.17) is 80.3 Å². The number of hydrogen-bond acceptors (Lipinski definition) is 18. The molecule has 0 fully saturated rings. The third kappa shape index (κ3) is 38.2. The number of carbonyl (C=O) groups excluding carboxylic acids is 9. The maximum absolute atomic E-state index is 14.6. The predicted octanol–water partition coefficient (Wildman–Crippen LogP) is -8.89. The molecule has 9 amide bonds. The van der Waals surface area contributed by atoms with Crippen molar-refractivity contribution in [3.63, 3.8) is 0 Å². The normalized spacial score (nSPS) is 14.1. The molecule has 0 saturated heterocycles. The van der Waals surface area contributed by atoms with Crippen molar-refractivity contribution in [3.8, 4) is 0 Å². The fourth-order valence-electron chi connectivity index (χ4n) is 8.66. The van der Waals surface area contributed by atoms with Crippen LogP contribution in [0.25, 0.3) is 0 Å². The van der Waals surface area contributed by atoms with Gasteiger partial charge in [0.25, 0.3) is 0 Å². The molecule has 38 nitrogen and oxygen atoms in total. The Morgan fingerprint density at radius 1 is 0.352 bits per heavy atom. The molecule has 0 aliphatic carbocycles. The number of nitrogens with two attached hydrogens (primary N) is 14. The van der Waals surface area contributed by atoms with Gasteiger partial charge in [0.05, 0.1) is 6.04 Å². The van der Waals surface area contributed by atoms with E-state index in [1.807, 2.05) is 0 Å². The molecule has 0 radical (unpaired) electrons. The highest BCUT2D eigenvalue weighted by Gasteiger charge is 2.36. The van der Waals surface area contributed by atoms with Crippen molar-refractivity contribution in [2.45, 2.75) is 190 Å². The van der Waals surface area contributed by atoms with Crippen LogP contribution in [-0.2, 0) is 47.9 Å². The average Bonchev–Trinajstić information content (AvgIpc) is 1.38. The first-order valence-electron chi connectivity index (χ1n) is 30.3. The SMILES string of the molecule is CC[C@H](C)[C@H](NC(=O)[C@H](CCCCN)NC(=O)[C@H](CCCCN)NC(=O)[C@H](N)CCCN=C(N)N)C(=O)N[C@H](CCCN=C(N)N)C(=O)N[C@@H](CCC(N)=O)C(=O)N[C@@H](CCCN=C(N)N)C(=O)N[C@@H](CCCN=C(N)N)C(=O)N[C@H](CCCN=C(N)N)C(=O)O. The number of unbranched alkanes of at least 4 members (excludes halogenated alkanes) is 2. The standard InChI is InChI=1S/C53H105N27O11/c1-3-29(2)39(80-46(88)32(15-5-7-23-55)74-41(83)31(14-4-6-22-54)73-40(82)30(56)13-8-24-68-49(58)59)47(89)78-35(18-11-27-71-52(64)65)43(85)77-36(20-21-38(57)81)45(87)76-33(16-9-25-69-50(60)61)42(84)75-34(17-10-26-70-51(62)63)44(86)79-37(48(90)91)19-12-28-72-53(66)67/h29-37,39H,3-28,54-56H2,1-2H3,(H2,57,81)(H,73,82)(H,74,83)(H,75,84)(H,76,87)(H,77,85)(H,78,89)(H,79,86)(H,80,88)(H,90,91)(H4,58,59,68)(H4,60,61,69)(H4,62,63,70)(H4,64,65,71)(H4,66,67,72)/t29-,30+,31-,32-,33-,34-,35+,36-,37+,39-/m0/s1. The van der Waals surface area contributed by atoms with Gasteiger partial charge in [-0.15, -0.1) is 0 Å². The van der Waals surface area contributed by atoms with Gasteiger partial charge in [0.15, 0.2) is 29.8 Å². The Bertz CT molecular complexity index is 2450. The Hall–Kier alpha value is -9.07. The Morgan fingerprint density at radius 3 is 0.912 bits per heavy atom. The number of aliphatic carboxylic acids is 1. The zero-order valence-electron chi connectivity index (χ0n) is 52.5. The summed E-state index contributed by atoms with van der Waals surface area (Å²) in [5.41, 5.74) is 77.9. The Morgan fingerprint density at radius 2 is 0.615 bits per heavy atom. The highest BCUT2D eigenvalue weighted by Crippen LogP contribution is 2.14. The van der Waals surface area contributed by atoms with E-state index >= 15 is 0 Å². The quantitative estimate of drug-likeness (QED) is 0.0153. The number of carbonyl (C=O) groups is 10. The van der Waals surface area contributed by atoms with E-state index in [0.717, 1.165) is 0 Å². The third-order valence-corrected chi connectivity index (χ3v) is 13.9. The van der Waals surface area contributed by atoms with Gasteiger partial charge in [0.2, 0.25) is 53.2 Å². The van der Waals surface area contributed by atoms with Crippen molar-refractivity contribution in [3.05, 3.63) is 0 Å². The lowest BCUT2D eigenvalue weighted by atomic mass is 9.96. The van der Waals surface area contributed by atoms with E-state index in [9.17, 15) is 53.1 Å². The van der Waals surface area contributed by atoms with E-state index in [0.29, 0.717) is 45.1 Å². The fraction of sp³-hybridized carbons (Fsp3) is 0.717. The molecule has 0 aliphatic heterocycles. The molecular weight excluding hydrogens is 1190 g/mol. The summed E-state index contributed by atoms with van der Waals surface area (Å²) in [5, 5.41) is 30.9. The van der Waals surface area contributed by atoms with Crippen LogP contribution in [0.4, 0.5) is 0 Å². The van der Waals surface area contributed by atoms with Crippen molar-refractivity contribution in [1.82, 2.24) is 42.5 Å². The summed E-state index contributed by atoms with van der Waals surface area (Å²) in [6.45, 7) is 4.11. The minimum Gasteiger partial charge on any atom is -0.480 e. The lowest BCUT2D eigenvalue weighted by Gasteiger charge is -2.30. The van der Waals surface area contributed by atoms with Crippen LogP contribution in [0.3, 0.4) is 0 Å². The topological polar surface area (TPSA) is 713 Å². The molecule has 518 valence electrons. The summed E-state index contributed by atoms with van der Waals surface area (Å²) >= 11 is 0. The maximum Gasteiger partial charge on any atom is 0.326 e. The van der Waals surface area contributed by atoms with Gasteiger partial charge in [-0.25, -0.2) is 4.79 Å². The van der Waals surface area contributed by atoms with Gasteiger partial charge in [0, 0.05) is 39.1 Å². The van der Waals surface area contributed by atoms with Gasteiger partial charge in [0.1, 0.15) is 48.3 Å². The Balaban J connectivity index is 7.28. The smallest absolute Gasteiger partial charge is 0.326 e. The number of rotatable bonds is 50. The Kier molecular flexibility index (Phi) is 42.3. The molecule has 0 aromatic heterocycles. The number of nitrogens with zero attached hydrogens (tertiary/aromatic N) is 5. The number of carboxylic acids is 1. The number of nitrogens with one attached hydrogen (secondary N) is 8. The van der Waals surface area contributed by atoms with Crippen molar-refractivity contribution >= 4 is 88.9 Å². The predicted molar refractivity (Wildman–Crippen MR) is 344 cm³/mol. The van der Waals surface area contributed by atoms with Crippen LogP contribution in [0, 0.1) is 5.92 Å². The van der Waals surface area contributed by atoms with Gasteiger partial charge < -0.3 is 128 Å². The van der Waals surface area contributed by atoms with Crippen LogP contribution in [0.15, 0.2) is 25.0 Å². The first kappa shape index (κ1) is 81.9. The monoisotopic (exact) mass is 1300 g/mol.